The predicted molar refractivity (Wildman–Crippen MR) is 80.6 cm³/mol. The van der Waals surface area contributed by atoms with Crippen LogP contribution in [0.3, 0.4) is 0 Å². The summed E-state index contributed by atoms with van der Waals surface area (Å²) in [5.74, 6) is 0.893. The second-order valence-electron chi connectivity index (χ2n) is 3.88. The van der Waals surface area contributed by atoms with Crippen LogP contribution >= 0.6 is 0 Å². The van der Waals surface area contributed by atoms with Crippen molar-refractivity contribution in [3.8, 4) is 16.9 Å². The summed E-state index contributed by atoms with van der Waals surface area (Å²) < 4.78 is 9.94. The summed E-state index contributed by atoms with van der Waals surface area (Å²) in [5, 5.41) is 0. The van der Waals surface area contributed by atoms with Gasteiger partial charge in [-0.3, -0.25) is 0 Å². The Bertz CT molecular complexity index is 433. The standard InChI is InChI=1S/C13H12O.C4H10O/c1-14-13-9-7-12(8-10-13)11-5-3-2-4-6-11;1-3-5-4-2/h2-10H,1H3;3-4H2,1-2H3. The quantitative estimate of drug-likeness (QED) is 0.809. The molecule has 0 aliphatic rings. The molecule has 102 valence electrons. The summed E-state index contributed by atoms with van der Waals surface area (Å²) in [4.78, 5) is 0. The highest BCUT2D eigenvalue weighted by molar-refractivity contribution is 5.63. The molecule has 19 heavy (non-hydrogen) atoms. The van der Waals surface area contributed by atoms with E-state index >= 15 is 0 Å². The molecule has 2 rings (SSSR count). The summed E-state index contributed by atoms with van der Waals surface area (Å²) in [6.07, 6.45) is 0. The zero-order chi connectivity index (χ0) is 13.9. The average Bonchev–Trinajstić information content (AvgIpc) is 2.50. The van der Waals surface area contributed by atoms with Crippen molar-refractivity contribution < 1.29 is 9.47 Å². The van der Waals surface area contributed by atoms with E-state index in [1.54, 1.807) is 7.11 Å². The zero-order valence-electron chi connectivity index (χ0n) is 11.9. The minimum Gasteiger partial charge on any atom is -0.497 e. The van der Waals surface area contributed by atoms with Gasteiger partial charge >= 0.3 is 0 Å². The Morgan fingerprint density at radius 1 is 0.737 bits per heavy atom. The first-order valence-electron chi connectivity index (χ1n) is 6.59. The third-order valence-corrected chi connectivity index (χ3v) is 2.61. The van der Waals surface area contributed by atoms with E-state index in [0.717, 1.165) is 19.0 Å². The summed E-state index contributed by atoms with van der Waals surface area (Å²) in [6.45, 7) is 5.67. The molecule has 2 aromatic carbocycles. The van der Waals surface area contributed by atoms with Gasteiger partial charge in [0.05, 0.1) is 7.11 Å². The molecular weight excluding hydrogens is 236 g/mol. The second kappa shape index (κ2) is 9.17. The van der Waals surface area contributed by atoms with Crippen molar-refractivity contribution in [2.45, 2.75) is 13.8 Å². The molecule has 0 aliphatic heterocycles. The minimum atomic E-state index is 0.844. The molecule has 0 saturated carbocycles. The van der Waals surface area contributed by atoms with Crippen LogP contribution in [0, 0.1) is 0 Å². The summed E-state index contributed by atoms with van der Waals surface area (Å²) in [6, 6.07) is 18.4. The Morgan fingerprint density at radius 2 is 1.26 bits per heavy atom. The molecule has 0 N–H and O–H groups in total. The first-order valence-corrected chi connectivity index (χ1v) is 6.59. The van der Waals surface area contributed by atoms with E-state index < -0.39 is 0 Å². The van der Waals surface area contributed by atoms with Crippen molar-refractivity contribution >= 4 is 0 Å². The van der Waals surface area contributed by atoms with Gasteiger partial charge in [-0.2, -0.15) is 0 Å². The lowest BCUT2D eigenvalue weighted by molar-refractivity contribution is 0.162. The van der Waals surface area contributed by atoms with E-state index in [0.29, 0.717) is 0 Å². The second-order valence-corrected chi connectivity index (χ2v) is 3.88. The van der Waals surface area contributed by atoms with Crippen molar-refractivity contribution in [1.29, 1.82) is 0 Å². The fraction of sp³-hybridized carbons (Fsp3) is 0.294. The molecule has 0 unspecified atom stereocenters. The van der Waals surface area contributed by atoms with Crippen LogP contribution in [-0.2, 0) is 4.74 Å². The number of rotatable bonds is 4. The molecule has 0 amide bonds. The van der Waals surface area contributed by atoms with Crippen molar-refractivity contribution in [1.82, 2.24) is 0 Å². The normalized spacial score (nSPS) is 9.42. The van der Waals surface area contributed by atoms with E-state index in [-0.39, 0.29) is 0 Å². The van der Waals surface area contributed by atoms with E-state index in [1.807, 2.05) is 44.2 Å². The van der Waals surface area contributed by atoms with Crippen LogP contribution < -0.4 is 4.74 Å². The first kappa shape index (κ1) is 15.3. The monoisotopic (exact) mass is 258 g/mol. The molecule has 0 aromatic heterocycles. The fourth-order valence-corrected chi connectivity index (χ4v) is 1.62. The Morgan fingerprint density at radius 3 is 1.68 bits per heavy atom. The Hall–Kier alpha value is -1.80. The third-order valence-electron chi connectivity index (χ3n) is 2.61. The van der Waals surface area contributed by atoms with Crippen LogP contribution in [0.2, 0.25) is 0 Å². The van der Waals surface area contributed by atoms with E-state index in [4.69, 9.17) is 9.47 Å². The predicted octanol–water partition coefficient (Wildman–Crippen LogP) is 4.41. The Balaban J connectivity index is 0.000000312. The SMILES string of the molecule is CCOCC.COc1ccc(-c2ccccc2)cc1. The number of ether oxygens (including phenoxy) is 2. The molecular formula is C17H22O2. The van der Waals surface area contributed by atoms with Crippen LogP contribution in [0.5, 0.6) is 5.75 Å². The van der Waals surface area contributed by atoms with Crippen molar-refractivity contribution in [3.63, 3.8) is 0 Å². The topological polar surface area (TPSA) is 18.5 Å². The van der Waals surface area contributed by atoms with Gasteiger partial charge in [0.1, 0.15) is 5.75 Å². The van der Waals surface area contributed by atoms with Gasteiger partial charge in [0, 0.05) is 13.2 Å². The maximum Gasteiger partial charge on any atom is 0.118 e. The highest BCUT2D eigenvalue weighted by atomic mass is 16.5. The highest BCUT2D eigenvalue weighted by Gasteiger charge is 1.95. The largest absolute Gasteiger partial charge is 0.497 e. The van der Waals surface area contributed by atoms with E-state index in [2.05, 4.69) is 24.3 Å². The van der Waals surface area contributed by atoms with Gasteiger partial charge in [-0.05, 0) is 37.1 Å². The molecule has 0 spiro atoms. The lowest BCUT2D eigenvalue weighted by atomic mass is 10.1. The summed E-state index contributed by atoms with van der Waals surface area (Å²) in [5.41, 5.74) is 2.45. The molecule has 2 aromatic rings. The van der Waals surface area contributed by atoms with E-state index in [9.17, 15) is 0 Å². The minimum absolute atomic E-state index is 0.844. The fourth-order valence-electron chi connectivity index (χ4n) is 1.62. The highest BCUT2D eigenvalue weighted by Crippen LogP contribution is 2.21. The molecule has 0 fully saturated rings. The van der Waals surface area contributed by atoms with Gasteiger partial charge in [0.25, 0.3) is 0 Å². The molecule has 2 nitrogen and oxygen atoms in total. The maximum absolute atomic E-state index is 5.11. The van der Waals surface area contributed by atoms with Gasteiger partial charge in [-0.25, -0.2) is 0 Å². The van der Waals surface area contributed by atoms with Crippen molar-refractivity contribution in [2.75, 3.05) is 20.3 Å². The molecule has 0 heterocycles. The lowest BCUT2D eigenvalue weighted by Gasteiger charge is -2.02. The average molecular weight is 258 g/mol. The maximum atomic E-state index is 5.11. The summed E-state index contributed by atoms with van der Waals surface area (Å²) in [7, 11) is 1.68. The van der Waals surface area contributed by atoms with Gasteiger partial charge in [-0.1, -0.05) is 42.5 Å². The number of hydrogen-bond donors (Lipinski definition) is 0. The van der Waals surface area contributed by atoms with Crippen molar-refractivity contribution in [3.05, 3.63) is 54.6 Å². The van der Waals surface area contributed by atoms with Gasteiger partial charge in [-0.15, -0.1) is 0 Å². The Kier molecular flexibility index (Phi) is 7.37. The number of methoxy groups -OCH3 is 1. The molecule has 0 saturated heterocycles. The first-order chi connectivity index (χ1) is 9.31. The Labute approximate surface area is 116 Å². The van der Waals surface area contributed by atoms with Crippen LogP contribution in [0.25, 0.3) is 11.1 Å². The molecule has 0 atom stereocenters. The molecule has 0 aliphatic carbocycles. The number of hydrogen-bond acceptors (Lipinski definition) is 2. The smallest absolute Gasteiger partial charge is 0.118 e. The van der Waals surface area contributed by atoms with Crippen LogP contribution in [0.15, 0.2) is 54.6 Å². The zero-order valence-corrected chi connectivity index (χ0v) is 11.9. The van der Waals surface area contributed by atoms with Gasteiger partial charge in [0.15, 0.2) is 0 Å². The lowest BCUT2D eigenvalue weighted by Crippen LogP contribution is -1.84. The van der Waals surface area contributed by atoms with Crippen LogP contribution in [0.4, 0.5) is 0 Å². The van der Waals surface area contributed by atoms with Gasteiger partial charge in [0.2, 0.25) is 0 Å². The van der Waals surface area contributed by atoms with Crippen LogP contribution in [0.1, 0.15) is 13.8 Å². The van der Waals surface area contributed by atoms with E-state index in [1.165, 1.54) is 11.1 Å². The molecule has 0 radical (unpaired) electrons. The third kappa shape index (κ3) is 5.58. The molecule has 2 heteroatoms. The summed E-state index contributed by atoms with van der Waals surface area (Å²) >= 11 is 0. The van der Waals surface area contributed by atoms with Gasteiger partial charge < -0.3 is 9.47 Å². The van der Waals surface area contributed by atoms with Crippen LogP contribution in [-0.4, -0.2) is 20.3 Å². The van der Waals surface area contributed by atoms with Crippen molar-refractivity contribution in [2.24, 2.45) is 0 Å². The molecule has 0 bridgehead atoms. The number of benzene rings is 2.